The number of hydrogen-bond donors (Lipinski definition) is 0. The molecular weight excluding hydrogens is 202 g/mol. The number of fused-ring (bicyclic) bond motifs is 1. The van der Waals surface area contributed by atoms with Gasteiger partial charge in [0.05, 0.1) is 6.42 Å². The van der Waals surface area contributed by atoms with Gasteiger partial charge in [0.25, 0.3) is 0 Å². The number of carbonyl (C=O) groups is 2. The van der Waals surface area contributed by atoms with Gasteiger partial charge in [-0.05, 0) is 23.8 Å². The van der Waals surface area contributed by atoms with Gasteiger partial charge in [-0.25, -0.2) is 0 Å². The Morgan fingerprint density at radius 2 is 2.06 bits per heavy atom. The molecule has 1 heterocycles. The molecule has 0 fully saturated rings. The van der Waals surface area contributed by atoms with E-state index in [2.05, 4.69) is 0 Å². The molecule has 1 aromatic carbocycles. The quantitative estimate of drug-likeness (QED) is 0.711. The van der Waals surface area contributed by atoms with E-state index in [-0.39, 0.29) is 17.6 Å². The smallest absolute Gasteiger partial charge is 0.231 e. The number of ketones is 1. The molecule has 3 heteroatoms. The van der Waals surface area contributed by atoms with Crippen LogP contribution in [0.2, 0.25) is 0 Å². The lowest BCUT2D eigenvalue weighted by molar-refractivity contribution is -0.117. The highest BCUT2D eigenvalue weighted by atomic mass is 16.2. The third-order valence-corrected chi connectivity index (χ3v) is 2.97. The first-order valence-corrected chi connectivity index (χ1v) is 5.44. The first kappa shape index (κ1) is 10.9. The number of carbonyl (C=O) groups excluding carboxylic acids is 2. The molecule has 0 aliphatic carbocycles. The molecule has 16 heavy (non-hydrogen) atoms. The SMILES string of the molecule is CC(C)C(=O)c1ccc2c(c1)CC(=O)N2C. The zero-order valence-electron chi connectivity index (χ0n) is 9.78. The van der Waals surface area contributed by atoms with Crippen molar-refractivity contribution in [2.45, 2.75) is 20.3 Å². The van der Waals surface area contributed by atoms with E-state index < -0.39 is 0 Å². The van der Waals surface area contributed by atoms with E-state index >= 15 is 0 Å². The van der Waals surface area contributed by atoms with Crippen molar-refractivity contribution in [2.24, 2.45) is 5.92 Å². The minimum atomic E-state index is -0.00659. The van der Waals surface area contributed by atoms with Crippen molar-refractivity contribution in [1.29, 1.82) is 0 Å². The van der Waals surface area contributed by atoms with Crippen LogP contribution < -0.4 is 4.90 Å². The molecule has 0 saturated heterocycles. The molecule has 84 valence electrons. The van der Waals surface area contributed by atoms with Gasteiger partial charge in [0.15, 0.2) is 5.78 Å². The molecule has 1 aliphatic rings. The third kappa shape index (κ3) is 1.62. The summed E-state index contributed by atoms with van der Waals surface area (Å²) in [4.78, 5) is 24.9. The molecule has 3 nitrogen and oxygen atoms in total. The number of rotatable bonds is 2. The second-order valence-corrected chi connectivity index (χ2v) is 4.49. The van der Waals surface area contributed by atoms with E-state index in [9.17, 15) is 9.59 Å². The molecule has 1 amide bonds. The minimum Gasteiger partial charge on any atom is -0.315 e. The standard InChI is InChI=1S/C13H15NO2/c1-8(2)13(16)9-4-5-11-10(6-9)7-12(15)14(11)3/h4-6,8H,7H2,1-3H3. The fourth-order valence-corrected chi connectivity index (χ4v) is 1.96. The van der Waals surface area contributed by atoms with Crippen LogP contribution >= 0.6 is 0 Å². The lowest BCUT2D eigenvalue weighted by Crippen LogP contribution is -2.20. The number of likely N-dealkylation sites (N-methyl/N-ethyl adjacent to an activating group) is 1. The summed E-state index contributed by atoms with van der Waals surface area (Å²) in [7, 11) is 1.76. The third-order valence-electron chi connectivity index (χ3n) is 2.97. The topological polar surface area (TPSA) is 37.4 Å². The molecule has 0 atom stereocenters. The summed E-state index contributed by atoms with van der Waals surface area (Å²) in [6.07, 6.45) is 0.408. The maximum atomic E-state index is 11.8. The number of amides is 1. The van der Waals surface area contributed by atoms with Gasteiger partial charge >= 0.3 is 0 Å². The highest BCUT2D eigenvalue weighted by Crippen LogP contribution is 2.28. The molecule has 0 spiro atoms. The van der Waals surface area contributed by atoms with Crippen LogP contribution in [0.1, 0.15) is 29.8 Å². The number of Topliss-reactive ketones (excluding diaryl/α,β-unsaturated/α-hetero) is 1. The van der Waals surface area contributed by atoms with Crippen molar-refractivity contribution < 1.29 is 9.59 Å². The van der Waals surface area contributed by atoms with Crippen molar-refractivity contribution >= 4 is 17.4 Å². The highest BCUT2D eigenvalue weighted by Gasteiger charge is 2.24. The lowest BCUT2D eigenvalue weighted by atomic mass is 9.98. The van der Waals surface area contributed by atoms with Gasteiger partial charge in [0, 0.05) is 24.2 Å². The Bertz CT molecular complexity index is 463. The first-order chi connectivity index (χ1) is 7.50. The van der Waals surface area contributed by atoms with E-state index in [1.807, 2.05) is 26.0 Å². The second-order valence-electron chi connectivity index (χ2n) is 4.49. The van der Waals surface area contributed by atoms with E-state index in [4.69, 9.17) is 0 Å². The average molecular weight is 217 g/mol. The summed E-state index contributed by atoms with van der Waals surface area (Å²) in [5, 5.41) is 0. The minimum absolute atomic E-state index is 0.00659. The Hall–Kier alpha value is -1.64. The summed E-state index contributed by atoms with van der Waals surface area (Å²) in [5.74, 6) is 0.210. The van der Waals surface area contributed by atoms with Crippen LogP contribution in [0.3, 0.4) is 0 Å². The van der Waals surface area contributed by atoms with Crippen LogP contribution in [-0.4, -0.2) is 18.7 Å². The zero-order chi connectivity index (χ0) is 11.9. The molecule has 2 rings (SSSR count). The van der Waals surface area contributed by atoms with E-state index in [0.29, 0.717) is 12.0 Å². The van der Waals surface area contributed by atoms with Crippen molar-refractivity contribution in [1.82, 2.24) is 0 Å². The number of anilines is 1. The van der Waals surface area contributed by atoms with E-state index in [1.165, 1.54) is 0 Å². The molecule has 0 aromatic heterocycles. The second kappa shape index (κ2) is 3.74. The van der Waals surface area contributed by atoms with Crippen molar-refractivity contribution in [3.8, 4) is 0 Å². The van der Waals surface area contributed by atoms with Gasteiger partial charge in [0.2, 0.25) is 5.91 Å². The van der Waals surface area contributed by atoms with Crippen LogP contribution in [-0.2, 0) is 11.2 Å². The fraction of sp³-hybridized carbons (Fsp3) is 0.385. The molecular formula is C13H15NO2. The first-order valence-electron chi connectivity index (χ1n) is 5.44. The molecule has 0 N–H and O–H groups in total. The van der Waals surface area contributed by atoms with Gasteiger partial charge in [-0.3, -0.25) is 9.59 Å². The van der Waals surface area contributed by atoms with Gasteiger partial charge < -0.3 is 4.90 Å². The number of nitrogens with zero attached hydrogens (tertiary/aromatic N) is 1. The molecule has 0 saturated carbocycles. The van der Waals surface area contributed by atoms with E-state index in [0.717, 1.165) is 11.3 Å². The lowest BCUT2D eigenvalue weighted by Gasteiger charge is -2.10. The summed E-state index contributed by atoms with van der Waals surface area (Å²) in [6.45, 7) is 3.76. The van der Waals surface area contributed by atoms with Crippen LogP contribution in [0.5, 0.6) is 0 Å². The van der Waals surface area contributed by atoms with Crippen molar-refractivity contribution in [3.05, 3.63) is 29.3 Å². The normalized spacial score (nSPS) is 14.5. The van der Waals surface area contributed by atoms with Crippen LogP contribution in [0.25, 0.3) is 0 Å². The summed E-state index contributed by atoms with van der Waals surface area (Å²) in [6, 6.07) is 5.51. The summed E-state index contributed by atoms with van der Waals surface area (Å²) < 4.78 is 0. The van der Waals surface area contributed by atoms with Crippen molar-refractivity contribution in [2.75, 3.05) is 11.9 Å². The van der Waals surface area contributed by atoms with Crippen LogP contribution in [0, 0.1) is 5.92 Å². The molecule has 0 unspecified atom stereocenters. The van der Waals surface area contributed by atoms with Crippen LogP contribution in [0.15, 0.2) is 18.2 Å². The Labute approximate surface area is 95.1 Å². The molecule has 1 aliphatic heterocycles. The summed E-state index contributed by atoms with van der Waals surface area (Å²) in [5.41, 5.74) is 2.58. The number of benzene rings is 1. The highest BCUT2D eigenvalue weighted by molar-refractivity contribution is 6.03. The van der Waals surface area contributed by atoms with Gasteiger partial charge in [-0.1, -0.05) is 13.8 Å². The largest absolute Gasteiger partial charge is 0.315 e. The predicted molar refractivity (Wildman–Crippen MR) is 62.7 cm³/mol. The average Bonchev–Trinajstić information content (AvgIpc) is 2.53. The Morgan fingerprint density at radius 3 is 2.69 bits per heavy atom. The van der Waals surface area contributed by atoms with Gasteiger partial charge in [0.1, 0.15) is 0 Å². The monoisotopic (exact) mass is 217 g/mol. The predicted octanol–water partition coefficient (Wildman–Crippen LogP) is 2.04. The maximum absolute atomic E-state index is 11.8. The Morgan fingerprint density at radius 1 is 1.38 bits per heavy atom. The van der Waals surface area contributed by atoms with Gasteiger partial charge in [-0.15, -0.1) is 0 Å². The number of hydrogen-bond acceptors (Lipinski definition) is 2. The fourth-order valence-electron chi connectivity index (χ4n) is 1.96. The molecule has 1 aromatic rings. The maximum Gasteiger partial charge on any atom is 0.231 e. The van der Waals surface area contributed by atoms with Crippen LogP contribution in [0.4, 0.5) is 5.69 Å². The van der Waals surface area contributed by atoms with Gasteiger partial charge in [-0.2, -0.15) is 0 Å². The van der Waals surface area contributed by atoms with Crippen molar-refractivity contribution in [3.63, 3.8) is 0 Å². The Balaban J connectivity index is 2.39. The molecule has 0 radical (unpaired) electrons. The Kier molecular flexibility index (Phi) is 2.54. The molecule has 0 bridgehead atoms. The zero-order valence-corrected chi connectivity index (χ0v) is 9.78. The summed E-state index contributed by atoms with van der Waals surface area (Å²) >= 11 is 0. The van der Waals surface area contributed by atoms with E-state index in [1.54, 1.807) is 18.0 Å².